The van der Waals surface area contributed by atoms with E-state index in [-0.39, 0.29) is 0 Å². The van der Waals surface area contributed by atoms with Gasteiger partial charge in [-0.2, -0.15) is 0 Å². The van der Waals surface area contributed by atoms with E-state index in [2.05, 4.69) is 0 Å². The predicted molar refractivity (Wildman–Crippen MR) is 48.4 cm³/mol. The van der Waals surface area contributed by atoms with Crippen molar-refractivity contribution >= 4 is 10.8 Å². The minimum absolute atomic E-state index is 0.425. The Morgan fingerprint density at radius 1 is 0.706 bits per heavy atom. The maximum Gasteiger partial charge on any atom is 0.198 e. The molecule has 0 saturated heterocycles. The van der Waals surface area contributed by atoms with Crippen LogP contribution in [-0.2, 0) is 0 Å². The largest absolute Gasteiger partial charge is 0.207 e. The van der Waals surface area contributed by atoms with Crippen molar-refractivity contribution in [3.63, 3.8) is 0 Å². The van der Waals surface area contributed by atoms with Gasteiger partial charge < -0.3 is 0 Å². The first-order valence-electron chi connectivity index (χ1n) is 4.46. The van der Waals surface area contributed by atoms with E-state index in [1.165, 1.54) is 0 Å². The fourth-order valence-electron chi connectivity index (χ4n) is 1.53. The second-order valence-corrected chi connectivity index (χ2v) is 3.48. The highest BCUT2D eigenvalue weighted by atomic mass is 19.2. The Hall–Kier alpha value is -1.72. The van der Waals surface area contributed by atoms with Gasteiger partial charge in [-0.15, -0.1) is 0 Å². The molecule has 2 rings (SSSR count). The van der Waals surface area contributed by atoms with E-state index in [0.717, 1.165) is 6.92 Å². The summed E-state index contributed by atoms with van der Waals surface area (Å²) in [6, 6.07) is 0.425. The van der Waals surface area contributed by atoms with Crippen molar-refractivity contribution in [1.82, 2.24) is 0 Å². The average Bonchev–Trinajstić information content (AvgIpc) is 2.30. The highest BCUT2D eigenvalue weighted by molar-refractivity contribution is 5.85. The monoisotopic (exact) mass is 250 g/mol. The lowest BCUT2D eigenvalue weighted by molar-refractivity contribution is 0.415. The quantitative estimate of drug-likeness (QED) is 0.377. The van der Waals surface area contributed by atoms with Crippen molar-refractivity contribution in [3.8, 4) is 0 Å². The van der Waals surface area contributed by atoms with Crippen LogP contribution in [0.4, 0.5) is 26.3 Å². The van der Waals surface area contributed by atoms with Crippen molar-refractivity contribution in [2.75, 3.05) is 0 Å². The summed E-state index contributed by atoms with van der Waals surface area (Å²) in [6.07, 6.45) is 0. The average molecular weight is 250 g/mol. The van der Waals surface area contributed by atoms with E-state index < -0.39 is 51.2 Å². The molecule has 0 atom stereocenters. The maximum absolute atomic E-state index is 13.5. The normalized spacial score (nSPS) is 11.2. The van der Waals surface area contributed by atoms with Gasteiger partial charge in [-0.05, 0) is 13.0 Å². The van der Waals surface area contributed by atoms with Gasteiger partial charge in [-0.1, -0.05) is 0 Å². The van der Waals surface area contributed by atoms with Gasteiger partial charge in [0, 0.05) is 10.9 Å². The first-order chi connectivity index (χ1) is 7.86. The summed E-state index contributed by atoms with van der Waals surface area (Å²) in [4.78, 5) is 0. The molecule has 6 heteroatoms. The van der Waals surface area contributed by atoms with E-state index in [4.69, 9.17) is 0 Å². The van der Waals surface area contributed by atoms with Crippen LogP contribution in [0.5, 0.6) is 0 Å². The predicted octanol–water partition coefficient (Wildman–Crippen LogP) is 3.98. The minimum atomic E-state index is -2.13. The van der Waals surface area contributed by atoms with Crippen LogP contribution in [0.3, 0.4) is 0 Å². The molecule has 0 N–H and O–H groups in total. The van der Waals surface area contributed by atoms with Gasteiger partial charge in [0.1, 0.15) is 11.6 Å². The molecular formula is C11H4F6. The first kappa shape index (κ1) is 11.8. The van der Waals surface area contributed by atoms with Crippen LogP contribution >= 0.6 is 0 Å². The summed E-state index contributed by atoms with van der Waals surface area (Å²) in [5, 5.41) is -2.07. The Kier molecular flexibility index (Phi) is 2.52. The lowest BCUT2D eigenvalue weighted by Gasteiger charge is -2.08. The van der Waals surface area contributed by atoms with Crippen molar-refractivity contribution in [3.05, 3.63) is 46.5 Å². The molecule has 2 aromatic carbocycles. The summed E-state index contributed by atoms with van der Waals surface area (Å²) in [7, 11) is 0. The van der Waals surface area contributed by atoms with Gasteiger partial charge in [0.2, 0.25) is 0 Å². The van der Waals surface area contributed by atoms with Crippen LogP contribution in [0.2, 0.25) is 0 Å². The van der Waals surface area contributed by atoms with Crippen LogP contribution in [0.25, 0.3) is 10.8 Å². The second kappa shape index (κ2) is 3.65. The van der Waals surface area contributed by atoms with Crippen LogP contribution in [0, 0.1) is 41.8 Å². The van der Waals surface area contributed by atoms with Crippen molar-refractivity contribution in [2.45, 2.75) is 6.92 Å². The molecule has 0 fully saturated rings. The Morgan fingerprint density at radius 2 is 1.24 bits per heavy atom. The van der Waals surface area contributed by atoms with Crippen LogP contribution in [-0.4, -0.2) is 0 Å². The highest BCUT2D eigenvalue weighted by Crippen LogP contribution is 2.31. The molecule has 0 nitrogen and oxygen atoms in total. The fraction of sp³-hybridized carbons (Fsp3) is 0.0909. The molecule has 0 heterocycles. The van der Waals surface area contributed by atoms with E-state index in [1.807, 2.05) is 0 Å². The number of benzene rings is 2. The number of rotatable bonds is 0. The van der Waals surface area contributed by atoms with Gasteiger partial charge in [0.15, 0.2) is 23.3 Å². The third-order valence-electron chi connectivity index (χ3n) is 2.48. The molecule has 0 bridgehead atoms. The highest BCUT2D eigenvalue weighted by Gasteiger charge is 2.24. The molecule has 0 spiro atoms. The minimum Gasteiger partial charge on any atom is -0.207 e. The SMILES string of the molecule is Cc1c(F)cc2c(F)c(F)c(F)c(F)c2c1F. The smallest absolute Gasteiger partial charge is 0.198 e. The third-order valence-corrected chi connectivity index (χ3v) is 2.48. The maximum atomic E-state index is 13.5. The molecule has 2 aromatic rings. The molecular weight excluding hydrogens is 246 g/mol. The Bertz CT molecular complexity index is 624. The Morgan fingerprint density at radius 3 is 1.82 bits per heavy atom. The molecule has 0 amide bonds. The van der Waals surface area contributed by atoms with Crippen molar-refractivity contribution in [2.24, 2.45) is 0 Å². The molecule has 0 aliphatic rings. The van der Waals surface area contributed by atoms with E-state index in [9.17, 15) is 26.3 Å². The van der Waals surface area contributed by atoms with E-state index >= 15 is 0 Å². The molecule has 0 saturated carbocycles. The van der Waals surface area contributed by atoms with Crippen LogP contribution < -0.4 is 0 Å². The van der Waals surface area contributed by atoms with Gasteiger partial charge in [0.05, 0.1) is 5.39 Å². The summed E-state index contributed by atoms with van der Waals surface area (Å²) in [6.45, 7) is 0.975. The molecule has 0 aliphatic carbocycles. The summed E-state index contributed by atoms with van der Waals surface area (Å²) < 4.78 is 78.8. The molecule has 0 aromatic heterocycles. The van der Waals surface area contributed by atoms with E-state index in [1.54, 1.807) is 0 Å². The van der Waals surface area contributed by atoms with E-state index in [0.29, 0.717) is 6.07 Å². The van der Waals surface area contributed by atoms with Gasteiger partial charge in [-0.3, -0.25) is 0 Å². The molecule has 0 unspecified atom stereocenters. The number of hydrogen-bond donors (Lipinski definition) is 0. The second-order valence-electron chi connectivity index (χ2n) is 3.48. The zero-order chi connectivity index (χ0) is 12.9. The number of hydrogen-bond acceptors (Lipinski definition) is 0. The summed E-state index contributed by atoms with van der Waals surface area (Å²) in [5.74, 6) is -10.5. The Balaban J connectivity index is 3.12. The fourth-order valence-corrected chi connectivity index (χ4v) is 1.53. The zero-order valence-electron chi connectivity index (χ0n) is 8.35. The van der Waals surface area contributed by atoms with Crippen LogP contribution in [0.15, 0.2) is 6.07 Å². The Labute approximate surface area is 91.5 Å². The zero-order valence-corrected chi connectivity index (χ0v) is 8.35. The first-order valence-corrected chi connectivity index (χ1v) is 4.46. The topological polar surface area (TPSA) is 0 Å². The number of fused-ring (bicyclic) bond motifs is 1. The standard InChI is InChI=1S/C11H4F6/c1-3-5(12)2-4-6(7(3)13)9(15)11(17)10(16)8(4)14/h2H,1H3. The molecule has 17 heavy (non-hydrogen) atoms. The molecule has 0 aliphatic heterocycles. The summed E-state index contributed by atoms with van der Waals surface area (Å²) >= 11 is 0. The van der Waals surface area contributed by atoms with Crippen LogP contribution in [0.1, 0.15) is 5.56 Å². The van der Waals surface area contributed by atoms with Gasteiger partial charge in [-0.25, -0.2) is 26.3 Å². The van der Waals surface area contributed by atoms with Gasteiger partial charge in [0.25, 0.3) is 0 Å². The molecule has 90 valence electrons. The van der Waals surface area contributed by atoms with Crippen molar-refractivity contribution in [1.29, 1.82) is 0 Å². The third kappa shape index (κ3) is 1.47. The molecule has 0 radical (unpaired) electrons. The lowest BCUT2D eigenvalue weighted by atomic mass is 10.0. The van der Waals surface area contributed by atoms with Crippen molar-refractivity contribution < 1.29 is 26.3 Å². The lowest BCUT2D eigenvalue weighted by Crippen LogP contribution is -2.02. The van der Waals surface area contributed by atoms with Gasteiger partial charge >= 0.3 is 0 Å². The summed E-state index contributed by atoms with van der Waals surface area (Å²) in [5.41, 5.74) is -0.596. The number of halogens is 6.